The Kier molecular flexibility index (Phi) is 4.26. The van der Waals surface area contributed by atoms with E-state index < -0.39 is 0 Å². The van der Waals surface area contributed by atoms with Gasteiger partial charge < -0.3 is 10.0 Å². The summed E-state index contributed by atoms with van der Waals surface area (Å²) in [5.74, 6) is 1.50. The number of hydrogen-bond acceptors (Lipinski definition) is 2. The van der Waals surface area contributed by atoms with Crippen LogP contribution in [0.25, 0.3) is 0 Å². The Morgan fingerprint density at radius 3 is 2.62 bits per heavy atom. The van der Waals surface area contributed by atoms with E-state index in [1.807, 2.05) is 0 Å². The summed E-state index contributed by atoms with van der Waals surface area (Å²) in [6.07, 6.45) is 7.44. The van der Waals surface area contributed by atoms with E-state index >= 15 is 0 Å². The lowest BCUT2D eigenvalue weighted by atomic mass is 9.92. The van der Waals surface area contributed by atoms with Crippen LogP contribution in [0.2, 0.25) is 0 Å². The van der Waals surface area contributed by atoms with Crippen LogP contribution in [0.15, 0.2) is 0 Å². The van der Waals surface area contributed by atoms with Gasteiger partial charge in [-0.15, -0.1) is 0 Å². The van der Waals surface area contributed by atoms with Gasteiger partial charge in [0.25, 0.3) is 0 Å². The predicted molar refractivity (Wildman–Crippen MR) is 67.4 cm³/mol. The van der Waals surface area contributed by atoms with Crippen LogP contribution >= 0.6 is 0 Å². The van der Waals surface area contributed by atoms with E-state index in [1.165, 1.54) is 45.2 Å². The van der Waals surface area contributed by atoms with Crippen molar-refractivity contribution in [1.82, 2.24) is 4.90 Å². The lowest BCUT2D eigenvalue weighted by Crippen LogP contribution is -2.41. The van der Waals surface area contributed by atoms with Crippen LogP contribution < -0.4 is 0 Å². The molecule has 0 bridgehead atoms. The molecule has 1 heterocycles. The molecule has 2 nitrogen and oxygen atoms in total. The molecule has 4 atom stereocenters. The summed E-state index contributed by atoms with van der Waals surface area (Å²) in [4.78, 5) is 2.63. The van der Waals surface area contributed by atoms with Gasteiger partial charge in [-0.05, 0) is 64.0 Å². The Balaban J connectivity index is 1.73. The monoisotopic (exact) mass is 225 g/mol. The van der Waals surface area contributed by atoms with Crippen molar-refractivity contribution >= 4 is 0 Å². The molecule has 0 spiro atoms. The second kappa shape index (κ2) is 5.50. The molecule has 0 aromatic heterocycles. The van der Waals surface area contributed by atoms with Crippen molar-refractivity contribution < 1.29 is 5.11 Å². The highest BCUT2D eigenvalue weighted by atomic mass is 16.3. The molecular weight excluding hydrogens is 198 g/mol. The summed E-state index contributed by atoms with van der Waals surface area (Å²) >= 11 is 0. The molecule has 2 heteroatoms. The maximum Gasteiger partial charge on any atom is 0.0568 e. The Morgan fingerprint density at radius 1 is 1.19 bits per heavy atom. The van der Waals surface area contributed by atoms with Crippen LogP contribution in [-0.4, -0.2) is 35.2 Å². The highest BCUT2D eigenvalue weighted by Gasteiger charge is 2.27. The maximum atomic E-state index is 9.81. The van der Waals surface area contributed by atoms with Gasteiger partial charge in [-0.2, -0.15) is 0 Å². The van der Waals surface area contributed by atoms with E-state index in [-0.39, 0.29) is 6.10 Å². The van der Waals surface area contributed by atoms with Gasteiger partial charge in [0.15, 0.2) is 0 Å². The molecule has 1 saturated carbocycles. The van der Waals surface area contributed by atoms with Crippen LogP contribution in [0.4, 0.5) is 0 Å². The number of nitrogens with zero attached hydrogens (tertiary/aromatic N) is 1. The zero-order valence-electron chi connectivity index (χ0n) is 10.9. The van der Waals surface area contributed by atoms with Crippen molar-refractivity contribution in [2.45, 2.75) is 64.5 Å². The van der Waals surface area contributed by atoms with Crippen LogP contribution in [0, 0.1) is 11.8 Å². The number of piperidine rings is 1. The first-order chi connectivity index (χ1) is 7.66. The van der Waals surface area contributed by atoms with E-state index in [9.17, 15) is 5.11 Å². The third-order valence-electron chi connectivity index (χ3n) is 4.68. The number of rotatable bonds is 3. The van der Waals surface area contributed by atoms with E-state index in [1.54, 1.807) is 0 Å². The number of hydrogen-bond donors (Lipinski definition) is 1. The highest BCUT2D eigenvalue weighted by molar-refractivity contribution is 4.81. The minimum absolute atomic E-state index is 0.000907. The molecule has 16 heavy (non-hydrogen) atoms. The largest absolute Gasteiger partial charge is 0.393 e. The topological polar surface area (TPSA) is 23.5 Å². The Morgan fingerprint density at radius 2 is 2.00 bits per heavy atom. The van der Waals surface area contributed by atoms with Crippen LogP contribution in [-0.2, 0) is 0 Å². The van der Waals surface area contributed by atoms with Crippen LogP contribution in [0.5, 0.6) is 0 Å². The lowest BCUT2D eigenvalue weighted by Gasteiger charge is -2.37. The highest BCUT2D eigenvalue weighted by Crippen LogP contribution is 2.29. The minimum Gasteiger partial charge on any atom is -0.393 e. The molecule has 0 amide bonds. The molecule has 1 aliphatic heterocycles. The molecule has 2 aliphatic rings. The number of aliphatic hydroxyl groups excluding tert-OH is 1. The van der Waals surface area contributed by atoms with E-state index in [2.05, 4.69) is 18.7 Å². The van der Waals surface area contributed by atoms with Crippen LogP contribution in [0.3, 0.4) is 0 Å². The average Bonchev–Trinajstić information content (AvgIpc) is 2.63. The van der Waals surface area contributed by atoms with E-state index in [0.29, 0.717) is 5.92 Å². The van der Waals surface area contributed by atoms with Crippen LogP contribution in [0.1, 0.15) is 52.4 Å². The fraction of sp³-hybridized carbons (Fsp3) is 1.00. The van der Waals surface area contributed by atoms with E-state index in [0.717, 1.165) is 18.4 Å². The molecule has 1 saturated heterocycles. The molecule has 0 aromatic carbocycles. The Labute approximate surface area is 100 Å². The van der Waals surface area contributed by atoms with Gasteiger partial charge in [-0.3, -0.25) is 0 Å². The predicted octanol–water partition coefficient (Wildman–Crippen LogP) is 2.66. The second-order valence-electron chi connectivity index (χ2n) is 6.06. The fourth-order valence-electron chi connectivity index (χ4n) is 3.47. The first kappa shape index (κ1) is 12.4. The first-order valence-corrected chi connectivity index (χ1v) is 7.09. The van der Waals surface area contributed by atoms with Gasteiger partial charge in [-0.1, -0.05) is 13.3 Å². The molecule has 94 valence electrons. The minimum atomic E-state index is -0.000907. The molecule has 1 aliphatic carbocycles. The zero-order valence-corrected chi connectivity index (χ0v) is 10.9. The summed E-state index contributed by atoms with van der Waals surface area (Å²) in [6, 6.07) is 0.752. The Bertz CT molecular complexity index is 219. The molecular formula is C14H27NO. The molecule has 1 N–H and O–H groups in total. The summed E-state index contributed by atoms with van der Waals surface area (Å²) in [5, 5.41) is 9.81. The van der Waals surface area contributed by atoms with Crippen molar-refractivity contribution in [3.05, 3.63) is 0 Å². The lowest BCUT2D eigenvalue weighted by molar-refractivity contribution is 0.0913. The van der Waals surface area contributed by atoms with E-state index in [4.69, 9.17) is 0 Å². The smallest absolute Gasteiger partial charge is 0.0568 e. The molecule has 0 radical (unpaired) electrons. The van der Waals surface area contributed by atoms with Gasteiger partial charge in [0.05, 0.1) is 6.10 Å². The summed E-state index contributed by atoms with van der Waals surface area (Å²) in [6.45, 7) is 7.20. The van der Waals surface area contributed by atoms with Crippen molar-refractivity contribution in [3.8, 4) is 0 Å². The standard InChI is InChI=1S/C14H27NO/c1-11-6-8-15(12(2)10-11)9-7-13-4-3-5-14(13)16/h11-14,16H,3-10H2,1-2H3. The summed E-state index contributed by atoms with van der Waals surface area (Å²) < 4.78 is 0. The maximum absolute atomic E-state index is 9.81. The van der Waals surface area contributed by atoms with Gasteiger partial charge in [0.2, 0.25) is 0 Å². The van der Waals surface area contributed by atoms with Gasteiger partial charge in [0, 0.05) is 6.04 Å². The number of likely N-dealkylation sites (tertiary alicyclic amines) is 1. The molecule has 2 rings (SSSR count). The second-order valence-corrected chi connectivity index (χ2v) is 6.06. The summed E-state index contributed by atoms with van der Waals surface area (Å²) in [5.41, 5.74) is 0. The SMILES string of the molecule is CC1CCN(CCC2CCCC2O)C(C)C1. The van der Waals surface area contributed by atoms with Gasteiger partial charge in [-0.25, -0.2) is 0 Å². The molecule has 0 aromatic rings. The third-order valence-corrected chi connectivity index (χ3v) is 4.68. The first-order valence-electron chi connectivity index (χ1n) is 7.09. The quantitative estimate of drug-likeness (QED) is 0.798. The van der Waals surface area contributed by atoms with Crippen molar-refractivity contribution in [2.24, 2.45) is 11.8 Å². The summed E-state index contributed by atoms with van der Waals surface area (Å²) in [7, 11) is 0. The third kappa shape index (κ3) is 2.98. The van der Waals surface area contributed by atoms with Gasteiger partial charge in [0.1, 0.15) is 0 Å². The molecule has 4 unspecified atom stereocenters. The number of aliphatic hydroxyl groups is 1. The van der Waals surface area contributed by atoms with Crippen molar-refractivity contribution in [1.29, 1.82) is 0 Å². The van der Waals surface area contributed by atoms with Crippen molar-refractivity contribution in [2.75, 3.05) is 13.1 Å². The van der Waals surface area contributed by atoms with Gasteiger partial charge >= 0.3 is 0 Å². The average molecular weight is 225 g/mol. The molecule has 2 fully saturated rings. The normalized spacial score (nSPS) is 41.4. The fourth-order valence-corrected chi connectivity index (χ4v) is 3.47. The Hall–Kier alpha value is -0.0800. The zero-order chi connectivity index (χ0) is 11.5. The van der Waals surface area contributed by atoms with Crippen molar-refractivity contribution in [3.63, 3.8) is 0 Å².